The third-order valence-electron chi connectivity index (χ3n) is 8.54. The number of ether oxygens (including phenoxy) is 5. The van der Waals surface area contributed by atoms with Gasteiger partial charge in [0.2, 0.25) is 0 Å². The summed E-state index contributed by atoms with van der Waals surface area (Å²) in [7, 11) is 0. The molecule has 0 aromatic heterocycles. The van der Waals surface area contributed by atoms with E-state index in [2.05, 4.69) is 12.5 Å². The monoisotopic (exact) mass is 730 g/mol. The van der Waals surface area contributed by atoms with E-state index in [0.717, 1.165) is 45.5 Å². The second-order valence-electron chi connectivity index (χ2n) is 12.4. The Bertz CT molecular complexity index is 2330. The van der Waals surface area contributed by atoms with Crippen LogP contribution in [0.5, 0.6) is 23.0 Å². The minimum atomic E-state index is -0.556. The van der Waals surface area contributed by atoms with Gasteiger partial charge >= 0.3 is 17.9 Å². The average Bonchev–Trinajstić information content (AvgIpc) is 3.23. The van der Waals surface area contributed by atoms with Crippen LogP contribution >= 0.6 is 0 Å². The maximum absolute atomic E-state index is 13.5. The number of benzene rings is 6. The van der Waals surface area contributed by atoms with Crippen LogP contribution in [0.3, 0.4) is 0 Å². The van der Waals surface area contributed by atoms with Gasteiger partial charge in [0, 0.05) is 23.6 Å². The Morgan fingerprint density at radius 1 is 0.636 bits per heavy atom. The summed E-state index contributed by atoms with van der Waals surface area (Å²) in [5, 5.41) is 1.52. The van der Waals surface area contributed by atoms with Crippen LogP contribution in [0.25, 0.3) is 33.0 Å². The van der Waals surface area contributed by atoms with Crippen LogP contribution in [0, 0.1) is 12.3 Å². The number of rotatable bonds is 15. The van der Waals surface area contributed by atoms with Crippen LogP contribution in [0.15, 0.2) is 140 Å². The van der Waals surface area contributed by atoms with E-state index in [1.165, 1.54) is 0 Å². The van der Waals surface area contributed by atoms with Crippen LogP contribution in [0.2, 0.25) is 0 Å². The van der Waals surface area contributed by atoms with Crippen LogP contribution < -0.4 is 18.9 Å². The Morgan fingerprint density at radius 3 is 1.87 bits per heavy atom. The second-order valence-corrected chi connectivity index (χ2v) is 12.4. The Balaban J connectivity index is 1.25. The van der Waals surface area contributed by atoms with Crippen LogP contribution in [0.4, 0.5) is 0 Å². The summed E-state index contributed by atoms with van der Waals surface area (Å²) in [6.07, 6.45) is 8.04. The van der Waals surface area contributed by atoms with Crippen LogP contribution in [-0.2, 0) is 9.53 Å². The highest BCUT2D eigenvalue weighted by molar-refractivity contribution is 6.05. The van der Waals surface area contributed by atoms with Crippen molar-refractivity contribution in [3.8, 4) is 57.6 Å². The molecule has 0 spiro atoms. The fraction of sp³-hybridized carbons (Fsp3) is 0.128. The fourth-order valence-electron chi connectivity index (χ4n) is 5.72. The van der Waals surface area contributed by atoms with Gasteiger partial charge in [0.15, 0.2) is 0 Å². The van der Waals surface area contributed by atoms with E-state index in [9.17, 15) is 14.4 Å². The molecule has 0 aliphatic heterocycles. The van der Waals surface area contributed by atoms with Crippen LogP contribution in [0.1, 0.15) is 46.0 Å². The molecule has 6 aromatic carbocycles. The van der Waals surface area contributed by atoms with E-state index in [1.54, 1.807) is 66.7 Å². The number of hydrogen-bond acceptors (Lipinski definition) is 8. The first-order valence-corrected chi connectivity index (χ1v) is 17.8. The molecule has 8 heteroatoms. The van der Waals surface area contributed by atoms with Crippen molar-refractivity contribution < 1.29 is 38.1 Å². The average molecular weight is 731 g/mol. The lowest BCUT2D eigenvalue weighted by Gasteiger charge is -2.15. The molecule has 8 nitrogen and oxygen atoms in total. The number of terminal acetylenes is 1. The first-order valence-electron chi connectivity index (χ1n) is 17.8. The summed E-state index contributed by atoms with van der Waals surface area (Å²) < 4.78 is 28.0. The molecule has 0 aliphatic rings. The zero-order chi connectivity index (χ0) is 38.6. The summed E-state index contributed by atoms with van der Waals surface area (Å²) in [6.45, 7) is 6.54. The van der Waals surface area contributed by atoms with Gasteiger partial charge in [-0.05, 0) is 113 Å². The predicted molar refractivity (Wildman–Crippen MR) is 213 cm³/mol. The van der Waals surface area contributed by atoms with Crippen molar-refractivity contribution in [2.75, 3.05) is 19.8 Å². The minimum absolute atomic E-state index is 0.209. The van der Waals surface area contributed by atoms with E-state index >= 15 is 0 Å². The Labute approximate surface area is 319 Å². The highest BCUT2D eigenvalue weighted by atomic mass is 16.5. The highest BCUT2D eigenvalue weighted by Gasteiger charge is 2.18. The molecule has 0 aliphatic carbocycles. The van der Waals surface area contributed by atoms with Gasteiger partial charge in [-0.3, -0.25) is 0 Å². The lowest BCUT2D eigenvalue weighted by molar-refractivity contribution is -0.137. The molecular weight excluding hydrogens is 693 g/mol. The summed E-state index contributed by atoms with van der Waals surface area (Å²) in [5.74, 6) is 3.10. The maximum Gasteiger partial charge on any atom is 0.343 e. The summed E-state index contributed by atoms with van der Waals surface area (Å²) in [4.78, 5) is 38.0. The van der Waals surface area contributed by atoms with Gasteiger partial charge in [-0.2, -0.15) is 0 Å². The van der Waals surface area contributed by atoms with E-state index in [-0.39, 0.29) is 6.61 Å². The predicted octanol–water partition coefficient (Wildman–Crippen LogP) is 9.88. The van der Waals surface area contributed by atoms with E-state index in [1.807, 2.05) is 67.6 Å². The van der Waals surface area contributed by atoms with Gasteiger partial charge in [0.25, 0.3) is 0 Å². The molecule has 0 radical (unpaired) electrons. The normalized spacial score (nSPS) is 10.5. The molecule has 274 valence electrons. The van der Waals surface area contributed by atoms with Gasteiger partial charge in [-0.25, -0.2) is 14.4 Å². The zero-order valence-corrected chi connectivity index (χ0v) is 30.3. The third kappa shape index (κ3) is 9.66. The number of fused-ring (bicyclic) bond motifs is 1. The first-order chi connectivity index (χ1) is 26.8. The van der Waals surface area contributed by atoms with Crippen molar-refractivity contribution in [3.05, 3.63) is 157 Å². The van der Waals surface area contributed by atoms with Crippen molar-refractivity contribution >= 4 is 28.7 Å². The number of carbonyl (C=O) groups excluding carboxylic acids is 3. The number of esters is 3. The minimum Gasteiger partial charge on any atom is -0.494 e. The van der Waals surface area contributed by atoms with Gasteiger partial charge < -0.3 is 23.7 Å². The molecule has 0 unspecified atom stereocenters. The first kappa shape index (κ1) is 37.6. The van der Waals surface area contributed by atoms with Crippen LogP contribution in [-0.4, -0.2) is 37.7 Å². The van der Waals surface area contributed by atoms with Crippen molar-refractivity contribution in [1.29, 1.82) is 0 Å². The molecule has 0 N–H and O–H groups in total. The molecule has 6 aromatic rings. The third-order valence-corrected chi connectivity index (χ3v) is 8.54. The molecule has 6 rings (SSSR count). The van der Waals surface area contributed by atoms with Crippen molar-refractivity contribution in [2.45, 2.75) is 19.8 Å². The van der Waals surface area contributed by atoms with Crippen molar-refractivity contribution in [3.63, 3.8) is 0 Å². The summed E-state index contributed by atoms with van der Waals surface area (Å²) in [5.41, 5.74) is 4.96. The summed E-state index contributed by atoms with van der Waals surface area (Å²) >= 11 is 0. The van der Waals surface area contributed by atoms with E-state index in [4.69, 9.17) is 30.1 Å². The lowest BCUT2D eigenvalue weighted by atomic mass is 9.94. The SMILES string of the molecule is C#Cc1ccc(-c2ccc(-c3c(OC(=O)c4ccc(OCCCOC(=O)C=C)cc4)ccc4cc(C(=O)Oc5ccc(OCCC)cc5)ccc34)cc2)cc1. The maximum atomic E-state index is 13.5. The Kier molecular flexibility index (Phi) is 12.4. The number of carbonyl (C=O) groups is 3. The second kappa shape index (κ2) is 18.1. The van der Waals surface area contributed by atoms with Crippen molar-refractivity contribution in [2.24, 2.45) is 0 Å². The Hall–Kier alpha value is -7.11. The van der Waals surface area contributed by atoms with E-state index < -0.39 is 17.9 Å². The van der Waals surface area contributed by atoms with Gasteiger partial charge in [-0.15, -0.1) is 6.42 Å². The molecule has 0 amide bonds. The standard InChI is InChI=1S/C47H38O8/c1-4-28-51-40-22-24-41(25-23-40)54-47(50)38-18-26-42-37(31-38)19-27-43(45(42)35-14-12-34(13-15-35)33-10-8-32(5-2)9-11-33)55-46(49)36-16-20-39(21-17-36)52-29-7-30-53-44(48)6-3/h2,6,8-27,31H,3-4,7,28-30H2,1H3. The summed E-state index contributed by atoms with van der Waals surface area (Å²) in [6, 6.07) is 38.0. The molecule has 0 saturated heterocycles. The largest absolute Gasteiger partial charge is 0.494 e. The molecular formula is C47H38O8. The molecule has 55 heavy (non-hydrogen) atoms. The Morgan fingerprint density at radius 2 is 1.22 bits per heavy atom. The van der Waals surface area contributed by atoms with Gasteiger partial charge in [-0.1, -0.05) is 68.0 Å². The molecule has 0 atom stereocenters. The lowest BCUT2D eigenvalue weighted by Crippen LogP contribution is -2.10. The topological polar surface area (TPSA) is 97.4 Å². The van der Waals surface area contributed by atoms with Gasteiger partial charge in [0.1, 0.15) is 23.0 Å². The molecule has 0 bridgehead atoms. The quantitative estimate of drug-likeness (QED) is 0.0339. The zero-order valence-electron chi connectivity index (χ0n) is 30.3. The fourth-order valence-corrected chi connectivity index (χ4v) is 5.72. The van der Waals surface area contributed by atoms with Gasteiger partial charge in [0.05, 0.1) is 30.9 Å². The highest BCUT2D eigenvalue weighted by Crippen LogP contribution is 2.39. The molecule has 0 heterocycles. The molecule has 0 fully saturated rings. The van der Waals surface area contributed by atoms with E-state index in [0.29, 0.717) is 59.3 Å². The van der Waals surface area contributed by atoms with Crippen molar-refractivity contribution in [1.82, 2.24) is 0 Å². The smallest absolute Gasteiger partial charge is 0.343 e. The molecule has 0 saturated carbocycles. The number of hydrogen-bond donors (Lipinski definition) is 0.